The maximum absolute atomic E-state index is 12.5. The van der Waals surface area contributed by atoms with Crippen LogP contribution in [0.3, 0.4) is 0 Å². The van der Waals surface area contributed by atoms with Crippen molar-refractivity contribution in [3.8, 4) is 0 Å². The summed E-state index contributed by atoms with van der Waals surface area (Å²) in [4.78, 5) is 35.0. The highest BCUT2D eigenvalue weighted by Crippen LogP contribution is 2.19. The number of anilines is 1. The average molecular weight is 425 g/mol. The molecule has 2 N–H and O–H groups in total. The van der Waals surface area contributed by atoms with Crippen molar-refractivity contribution < 1.29 is 18.9 Å². The van der Waals surface area contributed by atoms with Crippen LogP contribution in [-0.4, -0.2) is 22.5 Å². The lowest BCUT2D eigenvalue weighted by molar-refractivity contribution is -0.384. The first kappa shape index (κ1) is 21.1. The Labute approximate surface area is 176 Å². The Morgan fingerprint density at radius 2 is 1.80 bits per heavy atom. The fourth-order valence-corrected chi connectivity index (χ4v) is 3.42. The van der Waals surface area contributed by atoms with Crippen molar-refractivity contribution in [2.75, 3.05) is 11.1 Å². The molecule has 0 unspecified atom stereocenters. The van der Waals surface area contributed by atoms with E-state index in [-0.39, 0.29) is 29.8 Å². The summed E-state index contributed by atoms with van der Waals surface area (Å²) in [6.07, 6.45) is 1.53. The van der Waals surface area contributed by atoms with Crippen LogP contribution in [0.25, 0.3) is 0 Å². The number of nitrogens with one attached hydrogen (secondary N) is 2. The number of benzene rings is 2. The first-order valence-corrected chi connectivity index (χ1v) is 10.2. The van der Waals surface area contributed by atoms with Gasteiger partial charge >= 0.3 is 0 Å². The molecule has 0 atom stereocenters. The summed E-state index contributed by atoms with van der Waals surface area (Å²) >= 11 is 1.38. The van der Waals surface area contributed by atoms with E-state index in [0.29, 0.717) is 22.8 Å². The van der Waals surface area contributed by atoms with Gasteiger partial charge in [-0.25, -0.2) is 0 Å². The molecule has 2 aromatic carbocycles. The van der Waals surface area contributed by atoms with Crippen molar-refractivity contribution in [1.82, 2.24) is 5.32 Å². The standard InChI is InChI=1S/C21H19N3O5S/c25-20(14-30-13-15-7-9-16(10-8-15)24(27)28)23-19-6-2-1-5-18(19)21(26)22-12-17-4-3-11-29-17/h1-11H,12-14H2,(H,22,26)(H,23,25). The van der Waals surface area contributed by atoms with Crippen LogP contribution >= 0.6 is 11.8 Å². The summed E-state index contributed by atoms with van der Waals surface area (Å²) in [7, 11) is 0. The van der Waals surface area contributed by atoms with E-state index < -0.39 is 4.92 Å². The van der Waals surface area contributed by atoms with E-state index in [1.54, 1.807) is 48.5 Å². The number of amides is 2. The van der Waals surface area contributed by atoms with Crippen LogP contribution in [0.2, 0.25) is 0 Å². The van der Waals surface area contributed by atoms with Gasteiger partial charge in [0.25, 0.3) is 11.6 Å². The molecule has 0 saturated heterocycles. The van der Waals surface area contributed by atoms with Crippen LogP contribution in [-0.2, 0) is 17.1 Å². The third-order valence-corrected chi connectivity index (χ3v) is 5.10. The zero-order chi connectivity index (χ0) is 21.3. The SMILES string of the molecule is O=C(CSCc1ccc([N+](=O)[O-])cc1)Nc1ccccc1C(=O)NCc1ccco1. The summed E-state index contributed by atoms with van der Waals surface area (Å²) in [5.74, 6) is 0.789. The highest BCUT2D eigenvalue weighted by Gasteiger charge is 2.13. The van der Waals surface area contributed by atoms with Crippen LogP contribution in [0.1, 0.15) is 21.7 Å². The second-order valence-corrected chi connectivity index (χ2v) is 7.26. The number of carbonyl (C=O) groups is 2. The smallest absolute Gasteiger partial charge is 0.269 e. The Morgan fingerprint density at radius 3 is 2.50 bits per heavy atom. The summed E-state index contributed by atoms with van der Waals surface area (Å²) in [5, 5.41) is 16.2. The number of carbonyl (C=O) groups excluding carboxylic acids is 2. The minimum absolute atomic E-state index is 0.0309. The molecule has 8 nitrogen and oxygen atoms in total. The topological polar surface area (TPSA) is 114 Å². The Bertz CT molecular complexity index is 1020. The van der Waals surface area contributed by atoms with Crippen molar-refractivity contribution in [2.45, 2.75) is 12.3 Å². The number of rotatable bonds is 9. The molecular weight excluding hydrogens is 406 g/mol. The average Bonchev–Trinajstić information content (AvgIpc) is 3.26. The lowest BCUT2D eigenvalue weighted by Crippen LogP contribution is -2.25. The lowest BCUT2D eigenvalue weighted by atomic mass is 10.1. The van der Waals surface area contributed by atoms with Crippen molar-refractivity contribution in [3.05, 3.63) is 93.9 Å². The normalized spacial score (nSPS) is 10.4. The third-order valence-electron chi connectivity index (χ3n) is 4.10. The molecule has 0 spiro atoms. The Balaban J connectivity index is 1.51. The number of nitro groups is 1. The van der Waals surface area contributed by atoms with E-state index in [0.717, 1.165) is 5.56 Å². The zero-order valence-corrected chi connectivity index (χ0v) is 16.7. The highest BCUT2D eigenvalue weighted by molar-refractivity contribution is 7.99. The number of hydrogen-bond donors (Lipinski definition) is 2. The van der Waals surface area contributed by atoms with E-state index >= 15 is 0 Å². The van der Waals surface area contributed by atoms with Gasteiger partial charge in [-0.2, -0.15) is 0 Å². The van der Waals surface area contributed by atoms with Gasteiger partial charge in [0, 0.05) is 17.9 Å². The lowest BCUT2D eigenvalue weighted by Gasteiger charge is -2.11. The number of nitrogens with zero attached hydrogens (tertiary/aromatic N) is 1. The molecule has 3 rings (SSSR count). The quantitative estimate of drug-likeness (QED) is 0.396. The molecule has 0 aliphatic heterocycles. The van der Waals surface area contributed by atoms with Crippen molar-refractivity contribution in [1.29, 1.82) is 0 Å². The molecule has 0 bridgehead atoms. The van der Waals surface area contributed by atoms with E-state index in [1.807, 2.05) is 0 Å². The van der Waals surface area contributed by atoms with Gasteiger partial charge in [0.2, 0.25) is 5.91 Å². The number of thioether (sulfide) groups is 1. The van der Waals surface area contributed by atoms with Crippen LogP contribution in [0.15, 0.2) is 71.3 Å². The van der Waals surface area contributed by atoms with Gasteiger partial charge in [0.15, 0.2) is 0 Å². The van der Waals surface area contributed by atoms with E-state index in [2.05, 4.69) is 10.6 Å². The van der Waals surface area contributed by atoms with E-state index in [9.17, 15) is 19.7 Å². The maximum atomic E-state index is 12.5. The van der Waals surface area contributed by atoms with Crippen LogP contribution in [0.5, 0.6) is 0 Å². The van der Waals surface area contributed by atoms with E-state index in [1.165, 1.54) is 30.2 Å². The first-order chi connectivity index (χ1) is 14.5. The Hall–Kier alpha value is -3.59. The Morgan fingerprint density at radius 1 is 1.03 bits per heavy atom. The summed E-state index contributed by atoms with van der Waals surface area (Å²) < 4.78 is 5.19. The van der Waals surface area contributed by atoms with Crippen molar-refractivity contribution in [3.63, 3.8) is 0 Å². The van der Waals surface area contributed by atoms with Crippen LogP contribution in [0, 0.1) is 10.1 Å². The van der Waals surface area contributed by atoms with Gasteiger partial charge < -0.3 is 15.1 Å². The highest BCUT2D eigenvalue weighted by atomic mass is 32.2. The van der Waals surface area contributed by atoms with Crippen LogP contribution in [0.4, 0.5) is 11.4 Å². The molecule has 1 heterocycles. The molecule has 154 valence electrons. The molecule has 9 heteroatoms. The molecule has 0 fully saturated rings. The van der Waals surface area contributed by atoms with Gasteiger partial charge in [0.05, 0.1) is 34.7 Å². The molecule has 0 aliphatic carbocycles. The number of non-ortho nitro benzene ring substituents is 1. The molecule has 2 amide bonds. The van der Waals surface area contributed by atoms with Gasteiger partial charge in [-0.05, 0) is 29.8 Å². The molecule has 0 saturated carbocycles. The molecule has 30 heavy (non-hydrogen) atoms. The molecule has 0 radical (unpaired) electrons. The monoisotopic (exact) mass is 425 g/mol. The van der Waals surface area contributed by atoms with Gasteiger partial charge in [-0.3, -0.25) is 19.7 Å². The predicted octanol–water partition coefficient (Wildman–Crippen LogP) is 3.99. The van der Waals surface area contributed by atoms with Gasteiger partial charge in [0.1, 0.15) is 5.76 Å². The van der Waals surface area contributed by atoms with Gasteiger partial charge in [-0.15, -0.1) is 11.8 Å². The summed E-state index contributed by atoms with van der Waals surface area (Å²) in [5.41, 5.74) is 1.70. The van der Waals surface area contributed by atoms with Crippen LogP contribution < -0.4 is 10.6 Å². The Kier molecular flexibility index (Phi) is 7.23. The number of nitro benzene ring substituents is 1. The number of para-hydroxylation sites is 1. The number of furan rings is 1. The second kappa shape index (κ2) is 10.3. The minimum atomic E-state index is -0.452. The molecule has 1 aromatic heterocycles. The third kappa shape index (κ3) is 5.95. The zero-order valence-electron chi connectivity index (χ0n) is 15.9. The molecular formula is C21H19N3O5S. The summed E-state index contributed by atoms with van der Waals surface area (Å²) in [6.45, 7) is 0.249. The van der Waals surface area contributed by atoms with Crippen molar-refractivity contribution >= 4 is 35.0 Å². The summed E-state index contributed by atoms with van der Waals surface area (Å²) in [6, 6.07) is 16.5. The predicted molar refractivity (Wildman–Crippen MR) is 114 cm³/mol. The molecule has 3 aromatic rings. The fraction of sp³-hybridized carbons (Fsp3) is 0.143. The maximum Gasteiger partial charge on any atom is 0.269 e. The fourth-order valence-electron chi connectivity index (χ4n) is 2.63. The molecule has 0 aliphatic rings. The van der Waals surface area contributed by atoms with Crippen molar-refractivity contribution in [2.24, 2.45) is 0 Å². The second-order valence-electron chi connectivity index (χ2n) is 6.27. The van der Waals surface area contributed by atoms with E-state index in [4.69, 9.17) is 4.42 Å². The largest absolute Gasteiger partial charge is 0.467 e. The first-order valence-electron chi connectivity index (χ1n) is 9.03. The minimum Gasteiger partial charge on any atom is -0.467 e. The number of hydrogen-bond acceptors (Lipinski definition) is 6. The van der Waals surface area contributed by atoms with Gasteiger partial charge in [-0.1, -0.05) is 24.3 Å².